The largest absolute Gasteiger partial charge is 0.399 e. The Morgan fingerprint density at radius 3 is 2.33 bits per heavy atom. The van der Waals surface area contributed by atoms with Crippen molar-refractivity contribution in [2.75, 3.05) is 41.3 Å². The van der Waals surface area contributed by atoms with E-state index < -0.39 is 0 Å². The fraction of sp³-hybridized carbons (Fsp3) is 0.263. The van der Waals surface area contributed by atoms with Gasteiger partial charge >= 0.3 is 0 Å². The number of hydrogen-bond donors (Lipinski definition) is 4. The molecule has 1 aliphatic rings. The number of nitrogens with two attached hydrogens (primary N) is 1. The van der Waals surface area contributed by atoms with Gasteiger partial charge in [-0.15, -0.1) is 0 Å². The van der Waals surface area contributed by atoms with Crippen molar-refractivity contribution >= 4 is 57.6 Å². The van der Waals surface area contributed by atoms with Crippen LogP contribution in [-0.2, 0) is 4.79 Å². The lowest BCUT2D eigenvalue weighted by atomic mass is 10.2. The first-order valence-electron chi connectivity index (χ1n) is 8.75. The van der Waals surface area contributed by atoms with Crippen LogP contribution in [0.5, 0.6) is 0 Å². The summed E-state index contributed by atoms with van der Waals surface area (Å²) >= 11 is 11.6. The van der Waals surface area contributed by atoms with Gasteiger partial charge in [0.2, 0.25) is 5.91 Å². The molecule has 8 heteroatoms. The number of nitrogen functional groups attached to an aromatic ring is 1. The first-order chi connectivity index (χ1) is 13.0. The number of likely N-dealkylation sites (tertiary alicyclic amines) is 1. The molecule has 1 heterocycles. The first-order valence-corrected chi connectivity index (χ1v) is 9.53. The molecule has 0 spiro atoms. The van der Waals surface area contributed by atoms with E-state index in [0.29, 0.717) is 28.1 Å². The summed E-state index contributed by atoms with van der Waals surface area (Å²) < 4.78 is 0. The lowest BCUT2D eigenvalue weighted by molar-refractivity contribution is -0.117. The van der Waals surface area contributed by atoms with Crippen molar-refractivity contribution in [2.24, 2.45) is 0 Å². The highest BCUT2D eigenvalue weighted by molar-refractivity contribution is 7.80. The van der Waals surface area contributed by atoms with Gasteiger partial charge in [-0.05, 0) is 80.6 Å². The molecule has 1 saturated heterocycles. The summed E-state index contributed by atoms with van der Waals surface area (Å²) in [6.07, 6.45) is 2.30. The van der Waals surface area contributed by atoms with Crippen molar-refractivity contribution in [3.63, 3.8) is 0 Å². The van der Waals surface area contributed by atoms with Crippen LogP contribution in [0.2, 0.25) is 5.02 Å². The van der Waals surface area contributed by atoms with Gasteiger partial charge < -0.3 is 21.7 Å². The van der Waals surface area contributed by atoms with Crippen LogP contribution in [0.1, 0.15) is 12.8 Å². The molecule has 6 nitrogen and oxygen atoms in total. The SMILES string of the molecule is Nc1ccc(NC(=S)Nc2ccc(NC(=O)CN3CCCC3)c(Cl)c2)cc1. The number of nitrogens with zero attached hydrogens (tertiary/aromatic N) is 1. The van der Waals surface area contributed by atoms with Gasteiger partial charge in [0.1, 0.15) is 0 Å². The standard InChI is InChI=1S/C19H22ClN5OS/c20-16-11-15(23-19(27)22-14-5-3-13(21)4-6-14)7-8-17(16)24-18(26)12-25-9-1-2-10-25/h3-8,11H,1-2,9-10,12,21H2,(H,24,26)(H2,22,23,27). The van der Waals surface area contributed by atoms with Gasteiger partial charge in [-0.3, -0.25) is 9.69 Å². The highest BCUT2D eigenvalue weighted by atomic mass is 35.5. The Balaban J connectivity index is 1.54. The zero-order valence-corrected chi connectivity index (χ0v) is 16.4. The van der Waals surface area contributed by atoms with Gasteiger partial charge in [-0.25, -0.2) is 0 Å². The molecule has 3 rings (SSSR count). The van der Waals surface area contributed by atoms with Crippen LogP contribution in [0, 0.1) is 0 Å². The van der Waals surface area contributed by atoms with E-state index >= 15 is 0 Å². The van der Waals surface area contributed by atoms with Crippen molar-refractivity contribution < 1.29 is 4.79 Å². The Morgan fingerprint density at radius 1 is 1.04 bits per heavy atom. The van der Waals surface area contributed by atoms with Gasteiger partial charge in [-0.2, -0.15) is 0 Å². The first kappa shape index (κ1) is 19.4. The number of thiocarbonyl (C=S) groups is 1. The molecular weight excluding hydrogens is 382 g/mol. The molecule has 0 bridgehead atoms. The number of benzene rings is 2. The van der Waals surface area contributed by atoms with Crippen molar-refractivity contribution in [3.05, 3.63) is 47.5 Å². The van der Waals surface area contributed by atoms with Crippen molar-refractivity contribution in [2.45, 2.75) is 12.8 Å². The topological polar surface area (TPSA) is 82.4 Å². The van der Waals surface area contributed by atoms with E-state index in [2.05, 4.69) is 20.9 Å². The number of anilines is 4. The second kappa shape index (κ2) is 9.03. The van der Waals surface area contributed by atoms with Gasteiger partial charge in [-0.1, -0.05) is 11.6 Å². The summed E-state index contributed by atoms with van der Waals surface area (Å²) in [7, 11) is 0. The van der Waals surface area contributed by atoms with Crippen LogP contribution in [0.3, 0.4) is 0 Å². The molecule has 0 aliphatic carbocycles. The molecule has 5 N–H and O–H groups in total. The zero-order valence-electron chi connectivity index (χ0n) is 14.8. The predicted molar refractivity (Wildman–Crippen MR) is 116 cm³/mol. The van der Waals surface area contributed by atoms with Crippen LogP contribution in [0.25, 0.3) is 0 Å². The third-order valence-corrected chi connectivity index (χ3v) is 4.75. The van der Waals surface area contributed by atoms with E-state index in [9.17, 15) is 4.79 Å². The maximum atomic E-state index is 12.1. The van der Waals surface area contributed by atoms with E-state index in [1.165, 1.54) is 0 Å². The van der Waals surface area contributed by atoms with Crippen LogP contribution in [0.4, 0.5) is 22.7 Å². The number of carbonyl (C=O) groups is 1. The van der Waals surface area contributed by atoms with Gasteiger partial charge in [0.05, 0.1) is 17.3 Å². The average molecular weight is 404 g/mol. The fourth-order valence-electron chi connectivity index (χ4n) is 2.89. The maximum absolute atomic E-state index is 12.1. The highest BCUT2D eigenvalue weighted by Crippen LogP contribution is 2.26. The lowest BCUT2D eigenvalue weighted by Gasteiger charge is -2.15. The number of amides is 1. The molecule has 0 radical (unpaired) electrons. The maximum Gasteiger partial charge on any atom is 0.238 e. The minimum Gasteiger partial charge on any atom is -0.399 e. The lowest BCUT2D eigenvalue weighted by Crippen LogP contribution is -2.30. The van der Waals surface area contributed by atoms with Gasteiger partial charge in [0, 0.05) is 17.1 Å². The number of nitrogens with one attached hydrogen (secondary N) is 3. The molecule has 1 fully saturated rings. The summed E-state index contributed by atoms with van der Waals surface area (Å²) in [5.74, 6) is -0.0555. The Morgan fingerprint density at radius 2 is 1.67 bits per heavy atom. The molecule has 0 unspecified atom stereocenters. The second-order valence-electron chi connectivity index (χ2n) is 6.43. The molecule has 27 heavy (non-hydrogen) atoms. The van der Waals surface area contributed by atoms with E-state index in [1.54, 1.807) is 24.3 Å². The van der Waals surface area contributed by atoms with E-state index in [-0.39, 0.29) is 5.91 Å². The van der Waals surface area contributed by atoms with Gasteiger partial charge in [0.15, 0.2) is 5.11 Å². The van der Waals surface area contributed by atoms with Crippen LogP contribution >= 0.6 is 23.8 Å². The molecule has 0 atom stereocenters. The molecule has 2 aromatic rings. The third kappa shape index (κ3) is 5.82. The molecule has 0 saturated carbocycles. The zero-order chi connectivity index (χ0) is 19.2. The number of hydrogen-bond acceptors (Lipinski definition) is 4. The van der Waals surface area contributed by atoms with Crippen LogP contribution in [0.15, 0.2) is 42.5 Å². The average Bonchev–Trinajstić information content (AvgIpc) is 3.12. The van der Waals surface area contributed by atoms with Crippen LogP contribution in [-0.4, -0.2) is 35.6 Å². The molecular formula is C19H22ClN5OS. The molecule has 2 aromatic carbocycles. The Hall–Kier alpha value is -2.35. The second-order valence-corrected chi connectivity index (χ2v) is 7.24. The van der Waals surface area contributed by atoms with Gasteiger partial charge in [0.25, 0.3) is 0 Å². The highest BCUT2D eigenvalue weighted by Gasteiger charge is 2.16. The molecule has 1 aliphatic heterocycles. The number of halogens is 1. The summed E-state index contributed by atoms with van der Waals surface area (Å²) in [6, 6.07) is 12.6. The minimum absolute atomic E-state index is 0.0555. The number of rotatable bonds is 5. The summed E-state index contributed by atoms with van der Waals surface area (Å²) in [6.45, 7) is 2.34. The Labute approximate surface area is 169 Å². The normalized spacial score (nSPS) is 14.0. The van der Waals surface area contributed by atoms with Crippen molar-refractivity contribution in [1.82, 2.24) is 4.90 Å². The Kier molecular flexibility index (Phi) is 6.49. The summed E-state index contributed by atoms with van der Waals surface area (Å²) in [4.78, 5) is 14.3. The third-order valence-electron chi connectivity index (χ3n) is 4.24. The predicted octanol–water partition coefficient (Wildman–Crippen LogP) is 3.77. The van der Waals surface area contributed by atoms with E-state index in [1.807, 2.05) is 18.2 Å². The van der Waals surface area contributed by atoms with Crippen molar-refractivity contribution in [1.29, 1.82) is 0 Å². The van der Waals surface area contributed by atoms with Crippen molar-refractivity contribution in [3.8, 4) is 0 Å². The Bertz CT molecular complexity index is 821. The van der Waals surface area contributed by atoms with Crippen LogP contribution < -0.4 is 21.7 Å². The summed E-state index contributed by atoms with van der Waals surface area (Å²) in [5, 5.41) is 9.88. The minimum atomic E-state index is -0.0555. The van der Waals surface area contributed by atoms with E-state index in [0.717, 1.165) is 37.3 Å². The monoisotopic (exact) mass is 403 g/mol. The smallest absolute Gasteiger partial charge is 0.238 e. The molecule has 1 amide bonds. The summed E-state index contributed by atoms with van der Waals surface area (Å²) in [5.41, 5.74) is 8.50. The quantitative estimate of drug-likeness (QED) is 0.449. The van der Waals surface area contributed by atoms with E-state index in [4.69, 9.17) is 29.6 Å². The molecule has 0 aromatic heterocycles. The number of carbonyl (C=O) groups excluding carboxylic acids is 1. The fourth-order valence-corrected chi connectivity index (χ4v) is 3.35. The molecule has 142 valence electrons.